The average molecular weight is 181 g/mol. The highest BCUT2D eigenvalue weighted by molar-refractivity contribution is 4.92. The number of allylic oxidation sites excluding steroid dienone is 1. The first kappa shape index (κ1) is 8.14. The first-order valence-electron chi connectivity index (χ1n) is 2.29. The van der Waals surface area contributed by atoms with Gasteiger partial charge in [0, 0.05) is 0 Å². The number of hydrogen-bond donors (Lipinski definition) is 0. The molecule has 0 rings (SSSR count). The minimum atomic E-state index is -0.662. The van der Waals surface area contributed by atoms with Gasteiger partial charge in [-0.3, -0.25) is 0 Å². The molecule has 0 saturated heterocycles. The molecule has 8 heavy (non-hydrogen) atoms. The molecule has 48 valence electrons. The summed E-state index contributed by atoms with van der Waals surface area (Å²) in [7, 11) is 0. The molecule has 0 fully saturated rings. The van der Waals surface area contributed by atoms with Crippen LogP contribution in [0.3, 0.4) is 0 Å². The monoisotopic (exact) mass is 180 g/mol. The quantitative estimate of drug-likeness (QED) is 0.461. The van der Waals surface area contributed by atoms with Crippen LogP contribution in [-0.4, -0.2) is 6.61 Å². The highest BCUT2D eigenvalue weighted by Gasteiger charge is 1.86. The van der Waals surface area contributed by atoms with Crippen LogP contribution in [0.25, 0.3) is 0 Å². The second-order valence-corrected chi connectivity index (χ2v) is 2.34. The summed E-state index contributed by atoms with van der Waals surface area (Å²) in [6.45, 7) is 4.40. The Morgan fingerprint density at radius 2 is 2.38 bits per heavy atom. The van der Waals surface area contributed by atoms with Gasteiger partial charge in [-0.15, -0.1) is 3.83 Å². The van der Waals surface area contributed by atoms with E-state index in [0.717, 1.165) is 0 Å². The van der Waals surface area contributed by atoms with Gasteiger partial charge >= 0.3 is 15.5 Å². The van der Waals surface area contributed by atoms with E-state index in [2.05, 4.69) is 3.83 Å². The first-order valence-corrected chi connectivity index (χ1v) is 3.59. The molecule has 0 aromatic heterocycles. The minimum Gasteiger partial charge on any atom is -0.550 e. The van der Waals surface area contributed by atoms with Gasteiger partial charge in [0.15, 0.2) is 0 Å². The normalized spacial score (nSPS) is 8.88. The molecule has 0 aliphatic heterocycles. The van der Waals surface area contributed by atoms with Crippen LogP contribution in [0.5, 0.6) is 0 Å². The standard InChI is InChI=1S/C5H9BrO2/c1-5(2)3-4-8-6-7/h3H,4H2,1-2H3. The van der Waals surface area contributed by atoms with Crippen molar-refractivity contribution in [1.29, 1.82) is 0 Å². The summed E-state index contributed by atoms with van der Waals surface area (Å²) in [5, 5.41) is 0. The zero-order chi connectivity index (χ0) is 6.41. The van der Waals surface area contributed by atoms with Crippen LogP contribution in [0.1, 0.15) is 13.8 Å². The highest BCUT2D eigenvalue weighted by atomic mass is 79.9. The summed E-state index contributed by atoms with van der Waals surface area (Å²) >= 11 is -0.662. The minimum absolute atomic E-state index is 0.464. The lowest BCUT2D eigenvalue weighted by atomic mass is 10.3. The van der Waals surface area contributed by atoms with E-state index in [4.69, 9.17) is 0 Å². The van der Waals surface area contributed by atoms with Crippen LogP contribution in [0.2, 0.25) is 0 Å². The van der Waals surface area contributed by atoms with Gasteiger partial charge in [0.1, 0.15) is 6.61 Å². The van der Waals surface area contributed by atoms with Crippen LogP contribution in [0.4, 0.5) is 0 Å². The Balaban J connectivity index is 3.03. The summed E-state index contributed by atoms with van der Waals surface area (Å²) in [5.41, 5.74) is 1.18. The lowest BCUT2D eigenvalue weighted by Crippen LogP contribution is -2.03. The largest absolute Gasteiger partial charge is 0.550 e. The van der Waals surface area contributed by atoms with Gasteiger partial charge in [-0.25, -0.2) is 0 Å². The molecule has 2 nitrogen and oxygen atoms in total. The van der Waals surface area contributed by atoms with E-state index < -0.39 is 15.5 Å². The van der Waals surface area contributed by atoms with Crippen molar-refractivity contribution in [3.63, 3.8) is 0 Å². The molecule has 0 unspecified atom stereocenters. The predicted octanol–water partition coefficient (Wildman–Crippen LogP) is 0.244. The topological polar surface area (TPSA) is 32.3 Å². The van der Waals surface area contributed by atoms with Gasteiger partial charge in [0.2, 0.25) is 0 Å². The van der Waals surface area contributed by atoms with Crippen LogP contribution in [0.15, 0.2) is 11.6 Å². The smallest absolute Gasteiger partial charge is 0.420 e. The van der Waals surface area contributed by atoms with Gasteiger partial charge in [0.25, 0.3) is 0 Å². The first-order chi connectivity index (χ1) is 3.77. The van der Waals surface area contributed by atoms with Crippen molar-refractivity contribution in [3.8, 4) is 0 Å². The Morgan fingerprint density at radius 1 is 1.75 bits per heavy atom. The number of hydrogen-bond acceptors (Lipinski definition) is 2. The van der Waals surface area contributed by atoms with E-state index in [1.54, 1.807) is 0 Å². The SMILES string of the molecule is CC(C)=CCO[Br+][O-]. The van der Waals surface area contributed by atoms with E-state index in [0.29, 0.717) is 6.61 Å². The van der Waals surface area contributed by atoms with Crippen molar-refractivity contribution in [2.45, 2.75) is 13.8 Å². The van der Waals surface area contributed by atoms with Crippen LogP contribution in [-0.2, 0) is 3.83 Å². The Labute approximate surface area is 56.3 Å². The maximum absolute atomic E-state index is 9.69. The van der Waals surface area contributed by atoms with Gasteiger partial charge in [-0.1, -0.05) is 11.6 Å². The number of halogens is 1. The molecule has 0 aromatic rings. The van der Waals surface area contributed by atoms with Crippen LogP contribution >= 0.6 is 0 Å². The summed E-state index contributed by atoms with van der Waals surface area (Å²) in [6, 6.07) is 0. The molecule has 0 atom stereocenters. The Kier molecular flexibility index (Phi) is 5.37. The Bertz CT molecular complexity index is 76.5. The third-order valence-corrected chi connectivity index (χ3v) is 1.05. The molecule has 0 heterocycles. The molecular weight excluding hydrogens is 172 g/mol. The fourth-order valence-corrected chi connectivity index (χ4v) is 0.464. The molecule has 0 bridgehead atoms. The molecule has 0 aromatic carbocycles. The van der Waals surface area contributed by atoms with Gasteiger partial charge in [-0.2, -0.15) is 0 Å². The van der Waals surface area contributed by atoms with Crippen molar-refractivity contribution < 1.29 is 23.6 Å². The average Bonchev–Trinajstić information content (AvgIpc) is 1.66. The summed E-state index contributed by atoms with van der Waals surface area (Å²) in [4.78, 5) is 0. The molecule has 0 amide bonds. The summed E-state index contributed by atoms with van der Waals surface area (Å²) in [5.74, 6) is 0. The van der Waals surface area contributed by atoms with Gasteiger partial charge in [-0.05, 0) is 13.8 Å². The van der Waals surface area contributed by atoms with E-state index in [-0.39, 0.29) is 0 Å². The second kappa shape index (κ2) is 5.28. The lowest BCUT2D eigenvalue weighted by Gasteiger charge is -1.84. The predicted molar refractivity (Wildman–Crippen MR) is 25.4 cm³/mol. The van der Waals surface area contributed by atoms with Crippen molar-refractivity contribution in [2.24, 2.45) is 0 Å². The summed E-state index contributed by atoms with van der Waals surface area (Å²) < 4.78 is 14.2. The highest BCUT2D eigenvalue weighted by Crippen LogP contribution is 1.86. The maximum atomic E-state index is 9.69. The van der Waals surface area contributed by atoms with E-state index in [1.165, 1.54) is 5.57 Å². The van der Waals surface area contributed by atoms with Gasteiger partial charge < -0.3 is 4.20 Å². The van der Waals surface area contributed by atoms with Gasteiger partial charge in [0.05, 0.1) is 0 Å². The third kappa shape index (κ3) is 6.14. The molecule has 0 aliphatic carbocycles. The van der Waals surface area contributed by atoms with E-state index >= 15 is 0 Å². The third-order valence-electron chi connectivity index (χ3n) is 0.599. The van der Waals surface area contributed by atoms with Crippen molar-refractivity contribution in [3.05, 3.63) is 11.6 Å². The molecule has 0 aliphatic rings. The van der Waals surface area contributed by atoms with E-state index in [9.17, 15) is 4.20 Å². The molecule has 0 saturated carbocycles. The van der Waals surface area contributed by atoms with Crippen molar-refractivity contribution in [2.75, 3.05) is 6.61 Å². The lowest BCUT2D eigenvalue weighted by molar-refractivity contribution is -1.27. The molecule has 0 N–H and O–H groups in total. The van der Waals surface area contributed by atoms with Crippen molar-refractivity contribution >= 4 is 0 Å². The zero-order valence-corrected chi connectivity index (χ0v) is 6.56. The molecular formula is C5H9BrO2. The van der Waals surface area contributed by atoms with Crippen molar-refractivity contribution in [1.82, 2.24) is 0 Å². The summed E-state index contributed by atoms with van der Waals surface area (Å²) in [6.07, 6.45) is 1.88. The Hall–Kier alpha value is 0.140. The fraction of sp³-hybridized carbons (Fsp3) is 0.600. The molecule has 3 heteroatoms. The molecule has 0 spiro atoms. The second-order valence-electron chi connectivity index (χ2n) is 1.62. The fourth-order valence-electron chi connectivity index (χ4n) is 0.224. The van der Waals surface area contributed by atoms with Crippen LogP contribution < -0.4 is 4.20 Å². The maximum Gasteiger partial charge on any atom is 0.420 e. The van der Waals surface area contributed by atoms with Crippen LogP contribution in [0, 0.1) is 15.5 Å². The van der Waals surface area contributed by atoms with E-state index in [1.807, 2.05) is 19.9 Å². The zero-order valence-electron chi connectivity index (χ0n) is 4.98. The molecule has 0 radical (unpaired) electrons. The Morgan fingerprint density at radius 3 is 2.75 bits per heavy atom. The number of rotatable bonds is 3.